The molecule has 0 saturated carbocycles. The first-order valence-electron chi connectivity index (χ1n) is 4.25. The van der Waals surface area contributed by atoms with Crippen molar-refractivity contribution in [3.8, 4) is 11.3 Å². The second-order valence-corrected chi connectivity index (χ2v) is 3.20. The van der Waals surface area contributed by atoms with Crippen LogP contribution < -0.4 is 0 Å². The Morgan fingerprint density at radius 2 is 2.00 bits per heavy atom. The Hall–Kier alpha value is -1.57. The largest absolute Gasteiger partial charge is 0.356 e. The molecule has 0 bridgehead atoms. The van der Waals surface area contributed by atoms with Gasteiger partial charge in [0.1, 0.15) is 0 Å². The van der Waals surface area contributed by atoms with Gasteiger partial charge < -0.3 is 4.52 Å². The van der Waals surface area contributed by atoms with Crippen LogP contribution in [0, 0.1) is 13.8 Å². The summed E-state index contributed by atoms with van der Waals surface area (Å²) < 4.78 is 5.09. The molecule has 2 aromatic rings. The van der Waals surface area contributed by atoms with E-state index in [4.69, 9.17) is 4.52 Å². The molecule has 1 aromatic heterocycles. The van der Waals surface area contributed by atoms with Crippen LogP contribution in [0.3, 0.4) is 0 Å². The predicted molar refractivity (Wildman–Crippen MR) is 51.4 cm³/mol. The molecule has 0 aliphatic rings. The summed E-state index contributed by atoms with van der Waals surface area (Å²) in [5.74, 6) is 0.831. The van der Waals surface area contributed by atoms with Crippen LogP contribution in [0.4, 0.5) is 0 Å². The number of hydrogen-bond acceptors (Lipinski definition) is 2. The maximum absolute atomic E-state index is 5.09. The smallest absolute Gasteiger partial charge is 0.167 e. The first-order valence-corrected chi connectivity index (χ1v) is 4.25. The molecule has 13 heavy (non-hydrogen) atoms. The van der Waals surface area contributed by atoms with Crippen LogP contribution in [-0.4, -0.2) is 5.16 Å². The number of rotatable bonds is 1. The van der Waals surface area contributed by atoms with E-state index in [0.29, 0.717) is 0 Å². The summed E-state index contributed by atoms with van der Waals surface area (Å²) in [6.07, 6.45) is 1.66. The summed E-state index contributed by atoms with van der Waals surface area (Å²) in [4.78, 5) is 0. The van der Waals surface area contributed by atoms with Gasteiger partial charge in [-0.3, -0.25) is 0 Å². The number of aryl methyl sites for hydroxylation is 2. The highest BCUT2D eigenvalue weighted by atomic mass is 16.5. The Balaban J connectivity index is 2.53. The zero-order valence-electron chi connectivity index (χ0n) is 7.74. The molecule has 0 radical (unpaired) electrons. The van der Waals surface area contributed by atoms with Gasteiger partial charge in [-0.25, -0.2) is 0 Å². The highest BCUT2D eigenvalue weighted by Crippen LogP contribution is 2.23. The Labute approximate surface area is 77.2 Å². The van der Waals surface area contributed by atoms with E-state index < -0.39 is 0 Å². The second kappa shape index (κ2) is 3.05. The van der Waals surface area contributed by atoms with Crippen LogP contribution in [0.2, 0.25) is 0 Å². The second-order valence-electron chi connectivity index (χ2n) is 3.20. The molecule has 2 rings (SSSR count). The molecule has 1 heterocycles. The molecule has 0 N–H and O–H groups in total. The molecule has 0 unspecified atom stereocenters. The molecule has 0 saturated heterocycles. The van der Waals surface area contributed by atoms with E-state index in [1.807, 2.05) is 6.07 Å². The maximum atomic E-state index is 5.09. The summed E-state index contributed by atoms with van der Waals surface area (Å²) in [6.45, 7) is 4.15. The van der Waals surface area contributed by atoms with Gasteiger partial charge in [-0.15, -0.1) is 0 Å². The van der Waals surface area contributed by atoms with E-state index in [-0.39, 0.29) is 0 Å². The lowest BCUT2D eigenvalue weighted by molar-refractivity contribution is 0.432. The van der Waals surface area contributed by atoms with Crippen LogP contribution in [0.1, 0.15) is 11.1 Å². The topological polar surface area (TPSA) is 26.0 Å². The number of hydrogen-bond donors (Lipinski definition) is 0. The third kappa shape index (κ3) is 1.47. The standard InChI is InChI=1S/C11H11NO/c1-8-3-4-10(9(2)7-8)11-5-6-12-13-11/h3-7H,1-2H3. The summed E-state index contributed by atoms with van der Waals surface area (Å²) in [6, 6.07) is 8.14. The quantitative estimate of drug-likeness (QED) is 0.662. The van der Waals surface area contributed by atoms with Crippen molar-refractivity contribution >= 4 is 0 Å². The molecular weight excluding hydrogens is 162 g/mol. The van der Waals surface area contributed by atoms with Gasteiger partial charge >= 0.3 is 0 Å². The molecule has 1 aromatic carbocycles. The fraction of sp³-hybridized carbons (Fsp3) is 0.182. The minimum absolute atomic E-state index is 0.831. The lowest BCUT2D eigenvalue weighted by Gasteiger charge is -2.01. The molecule has 2 heteroatoms. The van der Waals surface area contributed by atoms with E-state index in [1.165, 1.54) is 11.1 Å². The van der Waals surface area contributed by atoms with Crippen LogP contribution in [0.15, 0.2) is 35.0 Å². The normalized spacial score (nSPS) is 10.3. The predicted octanol–water partition coefficient (Wildman–Crippen LogP) is 2.96. The first-order chi connectivity index (χ1) is 6.27. The molecule has 0 aliphatic heterocycles. The van der Waals surface area contributed by atoms with E-state index >= 15 is 0 Å². The van der Waals surface area contributed by atoms with E-state index in [2.05, 4.69) is 37.2 Å². The number of benzene rings is 1. The SMILES string of the molecule is Cc1ccc(-c2ccno2)c(C)c1. The molecule has 66 valence electrons. The van der Waals surface area contributed by atoms with E-state index in [1.54, 1.807) is 6.20 Å². The van der Waals surface area contributed by atoms with Gasteiger partial charge in [0.25, 0.3) is 0 Å². The van der Waals surface area contributed by atoms with Crippen molar-refractivity contribution in [3.05, 3.63) is 41.6 Å². The summed E-state index contributed by atoms with van der Waals surface area (Å²) >= 11 is 0. The van der Waals surface area contributed by atoms with Gasteiger partial charge in [0.05, 0.1) is 6.20 Å². The summed E-state index contributed by atoms with van der Waals surface area (Å²) in [5.41, 5.74) is 3.60. The molecule has 0 spiro atoms. The van der Waals surface area contributed by atoms with Gasteiger partial charge in [-0.2, -0.15) is 0 Å². The average Bonchev–Trinajstić information content (AvgIpc) is 2.56. The van der Waals surface area contributed by atoms with Crippen molar-refractivity contribution in [2.75, 3.05) is 0 Å². The van der Waals surface area contributed by atoms with Crippen LogP contribution in [0.5, 0.6) is 0 Å². The molecule has 0 amide bonds. The third-order valence-corrected chi connectivity index (χ3v) is 2.09. The minimum atomic E-state index is 0.831. The summed E-state index contributed by atoms with van der Waals surface area (Å²) in [5, 5.41) is 3.69. The maximum Gasteiger partial charge on any atom is 0.167 e. The van der Waals surface area contributed by atoms with Gasteiger partial charge in [-0.05, 0) is 19.4 Å². The Bertz CT molecular complexity index is 404. The van der Waals surface area contributed by atoms with E-state index in [0.717, 1.165) is 11.3 Å². The first kappa shape index (κ1) is 8.05. The van der Waals surface area contributed by atoms with Gasteiger partial charge in [0, 0.05) is 11.6 Å². The Morgan fingerprint density at radius 1 is 1.15 bits per heavy atom. The van der Waals surface area contributed by atoms with Crippen LogP contribution in [-0.2, 0) is 0 Å². The van der Waals surface area contributed by atoms with Gasteiger partial charge in [0.15, 0.2) is 5.76 Å². The lowest BCUT2D eigenvalue weighted by Crippen LogP contribution is -1.82. The third-order valence-electron chi connectivity index (χ3n) is 2.09. The molecule has 2 nitrogen and oxygen atoms in total. The highest BCUT2D eigenvalue weighted by molar-refractivity contribution is 5.61. The van der Waals surface area contributed by atoms with Crippen LogP contribution >= 0.6 is 0 Å². The Morgan fingerprint density at radius 3 is 2.62 bits per heavy atom. The van der Waals surface area contributed by atoms with Crippen molar-refractivity contribution in [1.82, 2.24) is 5.16 Å². The van der Waals surface area contributed by atoms with Crippen molar-refractivity contribution in [2.45, 2.75) is 13.8 Å². The van der Waals surface area contributed by atoms with Crippen LogP contribution in [0.25, 0.3) is 11.3 Å². The summed E-state index contributed by atoms with van der Waals surface area (Å²) in [7, 11) is 0. The minimum Gasteiger partial charge on any atom is -0.356 e. The van der Waals surface area contributed by atoms with Gasteiger partial charge in [-0.1, -0.05) is 28.9 Å². The average molecular weight is 173 g/mol. The van der Waals surface area contributed by atoms with E-state index in [9.17, 15) is 0 Å². The molecular formula is C11H11NO. The zero-order chi connectivity index (χ0) is 9.26. The van der Waals surface area contributed by atoms with Gasteiger partial charge in [0.2, 0.25) is 0 Å². The highest BCUT2D eigenvalue weighted by Gasteiger charge is 2.04. The van der Waals surface area contributed by atoms with Crippen molar-refractivity contribution in [3.63, 3.8) is 0 Å². The van der Waals surface area contributed by atoms with Crippen molar-refractivity contribution < 1.29 is 4.52 Å². The van der Waals surface area contributed by atoms with Crippen molar-refractivity contribution in [2.24, 2.45) is 0 Å². The Kier molecular flexibility index (Phi) is 1.89. The molecule has 0 atom stereocenters. The van der Waals surface area contributed by atoms with Crippen molar-refractivity contribution in [1.29, 1.82) is 0 Å². The molecule has 0 aliphatic carbocycles. The lowest BCUT2D eigenvalue weighted by atomic mass is 10.0. The fourth-order valence-electron chi connectivity index (χ4n) is 1.44. The monoisotopic (exact) mass is 173 g/mol. The number of nitrogens with zero attached hydrogens (tertiary/aromatic N) is 1. The zero-order valence-corrected chi connectivity index (χ0v) is 7.74. The number of aromatic nitrogens is 1. The fourth-order valence-corrected chi connectivity index (χ4v) is 1.44. The molecule has 0 fully saturated rings.